The molecule has 53 heavy (non-hydrogen) atoms. The highest BCUT2D eigenvalue weighted by Gasteiger charge is 2.54. The lowest BCUT2D eigenvalue weighted by molar-refractivity contribution is 0.809. The SMILES string of the molecule is CC(C)c1ccc(N(c2ccccc2)c2cc3c(c4ccccc24)C2(c4ccccc4-c4ccccc42)c2c-3c3ccccc3c3ccccc23)cc1. The number of hydrogen-bond donors (Lipinski definition) is 0. The van der Waals surface area contributed by atoms with E-state index in [1.165, 1.54) is 88.1 Å². The summed E-state index contributed by atoms with van der Waals surface area (Å²) in [7, 11) is 0. The largest absolute Gasteiger partial charge is 0.310 e. The molecule has 2 aliphatic rings. The van der Waals surface area contributed by atoms with Crippen LogP contribution in [-0.2, 0) is 5.41 Å². The Morgan fingerprint density at radius 3 is 1.49 bits per heavy atom. The van der Waals surface area contributed by atoms with Gasteiger partial charge in [0.25, 0.3) is 0 Å². The van der Waals surface area contributed by atoms with Gasteiger partial charge in [0.05, 0.1) is 11.1 Å². The van der Waals surface area contributed by atoms with Crippen molar-refractivity contribution in [1.29, 1.82) is 0 Å². The van der Waals surface area contributed by atoms with Gasteiger partial charge in [0.15, 0.2) is 0 Å². The van der Waals surface area contributed by atoms with Crippen molar-refractivity contribution < 1.29 is 0 Å². The van der Waals surface area contributed by atoms with E-state index in [4.69, 9.17) is 0 Å². The summed E-state index contributed by atoms with van der Waals surface area (Å²) < 4.78 is 0. The van der Waals surface area contributed by atoms with Gasteiger partial charge in [0.1, 0.15) is 0 Å². The Morgan fingerprint density at radius 1 is 0.396 bits per heavy atom. The molecular weight excluding hydrogens is 639 g/mol. The van der Waals surface area contributed by atoms with Crippen molar-refractivity contribution in [2.75, 3.05) is 4.90 Å². The third-order valence-electron chi connectivity index (χ3n) is 12.0. The van der Waals surface area contributed by atoms with E-state index in [0.29, 0.717) is 5.92 Å². The molecule has 0 fully saturated rings. The second-order valence-corrected chi connectivity index (χ2v) is 15.0. The minimum Gasteiger partial charge on any atom is -0.310 e. The third kappa shape index (κ3) is 4.02. The summed E-state index contributed by atoms with van der Waals surface area (Å²) in [6, 6.07) is 68.3. The standard InChI is InChI=1S/C52H37N/c1-33(2)34-28-30-36(31-29-34)53(35-16-4-3-5-17-35)48-32-45-49-42-23-9-6-18-37(42)38-19-7-10-24-43(38)51(49)52(50(45)44-25-11-8-22-41(44)48)46-26-14-12-20-39(46)40-21-13-15-27-47(40)52/h3-33H,1-2H3. The van der Waals surface area contributed by atoms with Crippen molar-refractivity contribution in [1.82, 2.24) is 0 Å². The van der Waals surface area contributed by atoms with E-state index in [-0.39, 0.29) is 0 Å². The molecule has 2 aliphatic carbocycles. The van der Waals surface area contributed by atoms with Crippen LogP contribution in [0.3, 0.4) is 0 Å². The van der Waals surface area contributed by atoms with Crippen LogP contribution in [0.25, 0.3) is 54.6 Å². The smallest absolute Gasteiger partial charge is 0.0737 e. The molecule has 0 saturated heterocycles. The lowest BCUT2D eigenvalue weighted by Gasteiger charge is -2.33. The summed E-state index contributed by atoms with van der Waals surface area (Å²) in [6.07, 6.45) is 0. The number of anilines is 3. The predicted octanol–water partition coefficient (Wildman–Crippen LogP) is 14.1. The van der Waals surface area contributed by atoms with Gasteiger partial charge >= 0.3 is 0 Å². The lowest BCUT2D eigenvalue weighted by atomic mass is 9.68. The van der Waals surface area contributed by atoms with E-state index >= 15 is 0 Å². The van der Waals surface area contributed by atoms with Gasteiger partial charge < -0.3 is 4.90 Å². The monoisotopic (exact) mass is 675 g/mol. The first kappa shape index (κ1) is 30.2. The van der Waals surface area contributed by atoms with Crippen LogP contribution >= 0.6 is 0 Å². The zero-order valence-electron chi connectivity index (χ0n) is 29.8. The normalized spacial score (nSPS) is 13.4. The van der Waals surface area contributed by atoms with Gasteiger partial charge in [-0.1, -0.05) is 166 Å². The molecule has 0 aromatic heterocycles. The summed E-state index contributed by atoms with van der Waals surface area (Å²) in [5.74, 6) is 0.461. The molecular formula is C52H37N. The number of nitrogens with zero attached hydrogens (tertiary/aromatic N) is 1. The molecule has 0 radical (unpaired) electrons. The Bertz CT molecular complexity index is 2870. The van der Waals surface area contributed by atoms with Gasteiger partial charge in [-0.15, -0.1) is 0 Å². The lowest BCUT2D eigenvalue weighted by Crippen LogP contribution is -2.26. The highest BCUT2D eigenvalue weighted by molar-refractivity contribution is 6.22. The maximum atomic E-state index is 2.53. The van der Waals surface area contributed by atoms with Crippen LogP contribution in [0.1, 0.15) is 47.6 Å². The Labute approximate surface area is 310 Å². The predicted molar refractivity (Wildman–Crippen MR) is 224 cm³/mol. The topological polar surface area (TPSA) is 3.24 Å². The van der Waals surface area contributed by atoms with E-state index in [9.17, 15) is 0 Å². The van der Waals surface area contributed by atoms with Crippen LogP contribution in [0.4, 0.5) is 17.1 Å². The average molecular weight is 676 g/mol. The molecule has 9 aromatic carbocycles. The van der Waals surface area contributed by atoms with E-state index in [0.717, 1.165) is 11.4 Å². The summed E-state index contributed by atoms with van der Waals surface area (Å²) >= 11 is 0. The third-order valence-corrected chi connectivity index (χ3v) is 12.0. The molecule has 11 rings (SSSR count). The minimum atomic E-state index is -0.504. The molecule has 1 nitrogen and oxygen atoms in total. The fraction of sp³-hybridized carbons (Fsp3) is 0.0769. The maximum Gasteiger partial charge on any atom is 0.0737 e. The van der Waals surface area contributed by atoms with Crippen LogP contribution < -0.4 is 4.90 Å². The first-order chi connectivity index (χ1) is 26.2. The van der Waals surface area contributed by atoms with Crippen molar-refractivity contribution in [3.05, 3.63) is 210 Å². The van der Waals surface area contributed by atoms with Gasteiger partial charge in [0.2, 0.25) is 0 Å². The molecule has 1 spiro atoms. The zero-order valence-corrected chi connectivity index (χ0v) is 29.8. The fourth-order valence-corrected chi connectivity index (χ4v) is 9.86. The molecule has 0 atom stereocenters. The van der Waals surface area contributed by atoms with Gasteiger partial charge in [-0.3, -0.25) is 0 Å². The van der Waals surface area contributed by atoms with Gasteiger partial charge in [0, 0.05) is 16.8 Å². The number of rotatable bonds is 4. The van der Waals surface area contributed by atoms with E-state index < -0.39 is 5.41 Å². The second-order valence-electron chi connectivity index (χ2n) is 15.0. The van der Waals surface area contributed by atoms with Gasteiger partial charge in [-0.25, -0.2) is 0 Å². The number of benzene rings is 9. The highest BCUT2D eigenvalue weighted by atomic mass is 15.1. The molecule has 0 unspecified atom stereocenters. The molecule has 0 amide bonds. The van der Waals surface area contributed by atoms with Crippen molar-refractivity contribution >= 4 is 49.4 Å². The highest BCUT2D eigenvalue weighted by Crippen LogP contribution is 2.67. The molecule has 0 aliphatic heterocycles. The number of fused-ring (bicyclic) bond motifs is 17. The summed E-state index contributed by atoms with van der Waals surface area (Å²) in [5.41, 5.74) is 15.1. The fourth-order valence-electron chi connectivity index (χ4n) is 9.86. The molecule has 0 heterocycles. The minimum absolute atomic E-state index is 0.461. The summed E-state index contributed by atoms with van der Waals surface area (Å²) in [6.45, 7) is 4.53. The van der Waals surface area contributed by atoms with Gasteiger partial charge in [-0.2, -0.15) is 0 Å². The van der Waals surface area contributed by atoms with Crippen LogP contribution in [0.5, 0.6) is 0 Å². The Balaban J connectivity index is 1.36. The van der Waals surface area contributed by atoms with E-state index in [2.05, 4.69) is 201 Å². The summed E-state index contributed by atoms with van der Waals surface area (Å²) in [4.78, 5) is 2.47. The molecule has 1 heteroatoms. The first-order valence-electron chi connectivity index (χ1n) is 18.8. The van der Waals surface area contributed by atoms with E-state index in [1.807, 2.05) is 0 Å². The van der Waals surface area contributed by atoms with Crippen LogP contribution in [0.2, 0.25) is 0 Å². The molecule has 0 saturated carbocycles. The number of hydrogen-bond acceptors (Lipinski definition) is 1. The van der Waals surface area contributed by atoms with Crippen molar-refractivity contribution in [2.45, 2.75) is 25.2 Å². The Hall–Kier alpha value is -6.44. The first-order valence-corrected chi connectivity index (χ1v) is 18.8. The summed E-state index contributed by atoms with van der Waals surface area (Å²) in [5, 5.41) is 7.75. The Kier molecular flexibility index (Phi) is 6.43. The molecule has 250 valence electrons. The van der Waals surface area contributed by atoms with Crippen LogP contribution in [-0.4, -0.2) is 0 Å². The Morgan fingerprint density at radius 2 is 0.868 bits per heavy atom. The average Bonchev–Trinajstić information content (AvgIpc) is 3.69. The van der Waals surface area contributed by atoms with Crippen molar-refractivity contribution in [3.8, 4) is 22.3 Å². The van der Waals surface area contributed by atoms with E-state index in [1.54, 1.807) is 0 Å². The quantitative estimate of drug-likeness (QED) is 0.168. The zero-order chi connectivity index (χ0) is 35.3. The molecule has 0 bridgehead atoms. The van der Waals surface area contributed by atoms with Crippen molar-refractivity contribution in [2.24, 2.45) is 0 Å². The van der Waals surface area contributed by atoms with Crippen LogP contribution in [0, 0.1) is 0 Å². The van der Waals surface area contributed by atoms with Gasteiger partial charge in [-0.05, 0) is 113 Å². The molecule has 0 N–H and O–H groups in total. The number of para-hydroxylation sites is 1. The second kappa shape index (κ2) is 11.3. The van der Waals surface area contributed by atoms with Crippen LogP contribution in [0.15, 0.2) is 182 Å². The maximum absolute atomic E-state index is 2.53. The molecule has 9 aromatic rings. The van der Waals surface area contributed by atoms with Crippen molar-refractivity contribution in [3.63, 3.8) is 0 Å².